The monoisotopic (exact) mass is 303 g/mol. The van der Waals surface area contributed by atoms with E-state index in [1.807, 2.05) is 0 Å². The summed E-state index contributed by atoms with van der Waals surface area (Å²) in [4.78, 5) is 11.6. The highest BCUT2D eigenvalue weighted by molar-refractivity contribution is 6.17. The predicted molar refractivity (Wildman–Crippen MR) is 70.4 cm³/mol. The lowest BCUT2D eigenvalue weighted by Crippen LogP contribution is -2.06. The SMILES string of the molecule is COC(=O)c1cc(OC(F)F)c2cc(CCl)n(C)c2c1. The second kappa shape index (κ2) is 5.66. The van der Waals surface area contributed by atoms with E-state index in [0.29, 0.717) is 10.9 Å². The number of benzene rings is 1. The molecule has 7 heteroatoms. The zero-order valence-electron chi connectivity index (χ0n) is 10.8. The largest absolute Gasteiger partial charge is 0.465 e. The molecule has 0 aliphatic carbocycles. The first-order valence-electron chi connectivity index (χ1n) is 5.69. The fourth-order valence-electron chi connectivity index (χ4n) is 2.01. The molecule has 4 nitrogen and oxygen atoms in total. The van der Waals surface area contributed by atoms with Crippen LogP contribution in [0.1, 0.15) is 16.1 Å². The third kappa shape index (κ3) is 2.56. The van der Waals surface area contributed by atoms with Crippen LogP contribution >= 0.6 is 11.6 Å². The number of alkyl halides is 3. The Hall–Kier alpha value is -1.82. The van der Waals surface area contributed by atoms with Crippen molar-refractivity contribution in [1.82, 2.24) is 4.57 Å². The summed E-state index contributed by atoms with van der Waals surface area (Å²) in [5.74, 6) is -0.489. The zero-order valence-corrected chi connectivity index (χ0v) is 11.6. The van der Waals surface area contributed by atoms with Gasteiger partial charge >= 0.3 is 12.6 Å². The third-order valence-corrected chi connectivity index (χ3v) is 3.27. The minimum Gasteiger partial charge on any atom is -0.465 e. The Morgan fingerprint density at radius 2 is 2.10 bits per heavy atom. The number of hydrogen-bond acceptors (Lipinski definition) is 3. The van der Waals surface area contributed by atoms with Gasteiger partial charge in [0, 0.05) is 18.1 Å². The Morgan fingerprint density at radius 1 is 1.40 bits per heavy atom. The maximum absolute atomic E-state index is 12.5. The van der Waals surface area contributed by atoms with Gasteiger partial charge < -0.3 is 14.0 Å². The van der Waals surface area contributed by atoms with Crippen LogP contribution in [0.25, 0.3) is 10.9 Å². The van der Waals surface area contributed by atoms with Gasteiger partial charge in [0.15, 0.2) is 0 Å². The molecule has 108 valence electrons. The van der Waals surface area contributed by atoms with Crippen molar-refractivity contribution in [1.29, 1.82) is 0 Å². The van der Waals surface area contributed by atoms with E-state index in [4.69, 9.17) is 11.6 Å². The van der Waals surface area contributed by atoms with Crippen LogP contribution in [-0.2, 0) is 17.7 Å². The van der Waals surface area contributed by atoms with Crippen molar-refractivity contribution < 1.29 is 23.0 Å². The molecule has 0 saturated carbocycles. The van der Waals surface area contributed by atoms with Crippen molar-refractivity contribution >= 4 is 28.5 Å². The van der Waals surface area contributed by atoms with Gasteiger partial charge in [0.25, 0.3) is 0 Å². The number of halogens is 3. The van der Waals surface area contributed by atoms with Gasteiger partial charge in [-0.25, -0.2) is 4.79 Å². The second-order valence-electron chi connectivity index (χ2n) is 4.11. The number of ether oxygens (including phenoxy) is 2. The maximum atomic E-state index is 12.5. The quantitative estimate of drug-likeness (QED) is 0.643. The number of methoxy groups -OCH3 is 1. The average Bonchev–Trinajstić information content (AvgIpc) is 2.74. The number of aromatic nitrogens is 1. The Labute approximate surface area is 118 Å². The van der Waals surface area contributed by atoms with Crippen LogP contribution in [-0.4, -0.2) is 24.3 Å². The number of carbonyl (C=O) groups excluding carboxylic acids is 1. The molecule has 0 aliphatic heterocycles. The topological polar surface area (TPSA) is 40.5 Å². The van der Waals surface area contributed by atoms with Gasteiger partial charge in [-0.3, -0.25) is 0 Å². The van der Waals surface area contributed by atoms with Crippen LogP contribution in [0.15, 0.2) is 18.2 Å². The number of nitrogens with zero attached hydrogens (tertiary/aromatic N) is 1. The first-order valence-corrected chi connectivity index (χ1v) is 6.22. The van der Waals surface area contributed by atoms with Crippen molar-refractivity contribution in [2.24, 2.45) is 7.05 Å². The van der Waals surface area contributed by atoms with E-state index in [-0.39, 0.29) is 17.2 Å². The van der Waals surface area contributed by atoms with Crippen LogP contribution in [0.2, 0.25) is 0 Å². The Kier molecular flexibility index (Phi) is 4.13. The van der Waals surface area contributed by atoms with Gasteiger partial charge in [-0.05, 0) is 18.2 Å². The van der Waals surface area contributed by atoms with Crippen molar-refractivity contribution in [2.45, 2.75) is 12.5 Å². The van der Waals surface area contributed by atoms with Crippen molar-refractivity contribution in [3.8, 4) is 5.75 Å². The molecule has 0 N–H and O–H groups in total. The molecule has 2 aromatic rings. The molecular weight excluding hydrogens is 292 g/mol. The van der Waals surface area contributed by atoms with E-state index in [1.165, 1.54) is 13.2 Å². The Morgan fingerprint density at radius 3 is 2.65 bits per heavy atom. The fraction of sp³-hybridized carbons (Fsp3) is 0.308. The van der Waals surface area contributed by atoms with Crippen LogP contribution < -0.4 is 4.74 Å². The molecule has 0 amide bonds. The summed E-state index contributed by atoms with van der Waals surface area (Å²) in [7, 11) is 2.95. The maximum Gasteiger partial charge on any atom is 0.387 e. The first kappa shape index (κ1) is 14.6. The molecule has 0 atom stereocenters. The van der Waals surface area contributed by atoms with Gasteiger partial charge in [-0.15, -0.1) is 11.6 Å². The summed E-state index contributed by atoms with van der Waals surface area (Å²) in [6, 6.07) is 4.44. The van der Waals surface area contributed by atoms with E-state index in [1.54, 1.807) is 23.7 Å². The molecular formula is C13H12ClF2NO3. The van der Waals surface area contributed by atoms with Crippen LogP contribution in [0.3, 0.4) is 0 Å². The molecule has 0 spiro atoms. The summed E-state index contributed by atoms with van der Waals surface area (Å²) in [6.07, 6.45) is 0. The molecule has 0 radical (unpaired) electrons. The highest BCUT2D eigenvalue weighted by Crippen LogP contribution is 2.32. The third-order valence-electron chi connectivity index (χ3n) is 3.00. The summed E-state index contributed by atoms with van der Waals surface area (Å²) >= 11 is 5.79. The number of rotatable bonds is 4. The Balaban J connectivity index is 2.69. The summed E-state index contributed by atoms with van der Waals surface area (Å²) < 4.78 is 35.8. The standard InChI is InChI=1S/C13H12ClF2NO3/c1-17-8(6-14)5-9-10(17)3-7(12(18)19-2)4-11(9)20-13(15)16/h3-5,13H,6H2,1-2H3. The smallest absolute Gasteiger partial charge is 0.387 e. The lowest BCUT2D eigenvalue weighted by molar-refractivity contribution is -0.0488. The molecule has 0 unspecified atom stereocenters. The first-order chi connectivity index (χ1) is 9.47. The van der Waals surface area contributed by atoms with E-state index in [9.17, 15) is 13.6 Å². The molecule has 1 aromatic carbocycles. The summed E-state index contributed by atoms with van der Waals surface area (Å²) in [5.41, 5.74) is 1.43. The lowest BCUT2D eigenvalue weighted by Gasteiger charge is -2.09. The van der Waals surface area contributed by atoms with E-state index < -0.39 is 12.6 Å². The second-order valence-corrected chi connectivity index (χ2v) is 4.37. The van der Waals surface area contributed by atoms with Gasteiger partial charge in [-0.1, -0.05) is 0 Å². The molecule has 2 rings (SSSR count). The number of carbonyl (C=O) groups is 1. The van der Waals surface area contributed by atoms with Gasteiger partial charge in [0.1, 0.15) is 5.75 Å². The summed E-state index contributed by atoms with van der Waals surface area (Å²) in [5, 5.41) is 0.469. The molecule has 0 bridgehead atoms. The molecule has 1 aromatic heterocycles. The average molecular weight is 304 g/mol. The van der Waals surface area contributed by atoms with Gasteiger partial charge in [-0.2, -0.15) is 8.78 Å². The predicted octanol–water partition coefficient (Wildman–Crippen LogP) is 3.31. The van der Waals surface area contributed by atoms with Gasteiger partial charge in [0.05, 0.1) is 24.1 Å². The van der Waals surface area contributed by atoms with Crippen molar-refractivity contribution in [2.75, 3.05) is 7.11 Å². The minimum absolute atomic E-state index is 0.0788. The number of aryl methyl sites for hydroxylation is 1. The Bertz CT molecular complexity index is 655. The molecule has 1 heterocycles. The van der Waals surface area contributed by atoms with Crippen LogP contribution in [0.5, 0.6) is 5.75 Å². The van der Waals surface area contributed by atoms with Crippen molar-refractivity contribution in [3.63, 3.8) is 0 Å². The summed E-state index contributed by atoms with van der Waals surface area (Å²) in [6.45, 7) is -2.98. The highest BCUT2D eigenvalue weighted by atomic mass is 35.5. The van der Waals surface area contributed by atoms with Gasteiger partial charge in [0.2, 0.25) is 0 Å². The fourth-order valence-corrected chi connectivity index (χ4v) is 2.27. The lowest BCUT2D eigenvalue weighted by atomic mass is 10.1. The van der Waals surface area contributed by atoms with E-state index >= 15 is 0 Å². The molecule has 0 fully saturated rings. The number of fused-ring (bicyclic) bond motifs is 1. The normalized spacial score (nSPS) is 11.1. The number of esters is 1. The molecule has 20 heavy (non-hydrogen) atoms. The van der Waals surface area contributed by atoms with Crippen LogP contribution in [0.4, 0.5) is 8.78 Å². The number of hydrogen-bond donors (Lipinski definition) is 0. The van der Waals surface area contributed by atoms with E-state index in [2.05, 4.69) is 9.47 Å². The highest BCUT2D eigenvalue weighted by Gasteiger charge is 2.17. The zero-order chi connectivity index (χ0) is 14.9. The van der Waals surface area contributed by atoms with Crippen LogP contribution in [0, 0.1) is 0 Å². The van der Waals surface area contributed by atoms with Crippen molar-refractivity contribution in [3.05, 3.63) is 29.5 Å². The molecule has 0 aliphatic rings. The molecule has 0 saturated heterocycles. The minimum atomic E-state index is -2.98. The van der Waals surface area contributed by atoms with E-state index in [0.717, 1.165) is 5.69 Å².